The molecule has 0 spiro atoms. The van der Waals surface area contributed by atoms with Crippen LogP contribution in [0.3, 0.4) is 0 Å². The molecule has 2 aromatic rings. The van der Waals surface area contributed by atoms with E-state index in [9.17, 15) is 9.59 Å². The Morgan fingerprint density at radius 2 is 1.98 bits per heavy atom. The molecule has 3 heterocycles. The van der Waals surface area contributed by atoms with E-state index in [0.29, 0.717) is 29.9 Å². The largest absolute Gasteiger partial charge is 0.495 e. The summed E-state index contributed by atoms with van der Waals surface area (Å²) >= 11 is 1.42. The number of thioether (sulfide) groups is 1. The summed E-state index contributed by atoms with van der Waals surface area (Å²) in [5.41, 5.74) is 4.58. The summed E-state index contributed by atoms with van der Waals surface area (Å²) in [6, 6.07) is 13.5. The van der Waals surface area contributed by atoms with Crippen molar-refractivity contribution in [2.24, 2.45) is 4.99 Å². The summed E-state index contributed by atoms with van der Waals surface area (Å²) in [6.45, 7) is 9.03. The highest BCUT2D eigenvalue weighted by molar-refractivity contribution is 8.00. The molecule has 43 heavy (non-hydrogen) atoms. The number of carbonyl (C=O) groups excluding carboxylic acids is 2. The van der Waals surface area contributed by atoms with E-state index in [1.54, 1.807) is 18.3 Å². The van der Waals surface area contributed by atoms with Gasteiger partial charge >= 0.3 is 6.03 Å². The second-order valence-corrected chi connectivity index (χ2v) is 11.5. The molecule has 0 aromatic heterocycles. The van der Waals surface area contributed by atoms with Crippen LogP contribution in [0.25, 0.3) is 0 Å². The second-order valence-electron chi connectivity index (χ2n) is 10.4. The number of hydrogen-bond acceptors (Lipinski definition) is 8. The van der Waals surface area contributed by atoms with Crippen molar-refractivity contribution in [2.45, 2.75) is 58.1 Å². The molecule has 2 aromatic carbocycles. The molecule has 2 atom stereocenters. The number of benzene rings is 2. The Bertz CT molecular complexity index is 1310. The summed E-state index contributed by atoms with van der Waals surface area (Å²) in [5.74, 6) is 1.35. The molecule has 1 saturated heterocycles. The van der Waals surface area contributed by atoms with Gasteiger partial charge < -0.3 is 25.4 Å². The fraction of sp³-hybridized carbons (Fsp3) is 0.469. The average Bonchev–Trinajstić information content (AvgIpc) is 3.54. The van der Waals surface area contributed by atoms with Crippen LogP contribution in [0.2, 0.25) is 0 Å². The molecule has 10 nitrogen and oxygen atoms in total. The van der Waals surface area contributed by atoms with Crippen molar-refractivity contribution in [1.29, 1.82) is 0 Å². The predicted molar refractivity (Wildman–Crippen MR) is 175 cm³/mol. The van der Waals surface area contributed by atoms with Gasteiger partial charge in [-0.3, -0.25) is 14.7 Å². The lowest BCUT2D eigenvalue weighted by Gasteiger charge is -2.36. The zero-order valence-corrected chi connectivity index (χ0v) is 26.6. The van der Waals surface area contributed by atoms with Crippen LogP contribution in [0.5, 0.6) is 5.75 Å². The van der Waals surface area contributed by atoms with Crippen LogP contribution in [-0.2, 0) is 22.5 Å². The van der Waals surface area contributed by atoms with Gasteiger partial charge in [-0.15, -0.1) is 11.8 Å². The Morgan fingerprint density at radius 1 is 1.21 bits per heavy atom. The summed E-state index contributed by atoms with van der Waals surface area (Å²) in [7, 11) is 3.70. The number of nitrogens with zero attached hydrogens (tertiary/aromatic N) is 3. The number of ether oxygens (including phenoxy) is 2. The lowest BCUT2D eigenvalue weighted by atomic mass is 10.1. The molecule has 0 saturated carbocycles. The highest BCUT2D eigenvalue weighted by Gasteiger charge is 2.35. The number of carbonyl (C=O) groups is 2. The zero-order valence-electron chi connectivity index (χ0n) is 25.8. The van der Waals surface area contributed by atoms with Crippen molar-refractivity contribution in [3.8, 4) is 5.75 Å². The second kappa shape index (κ2) is 15.8. The van der Waals surface area contributed by atoms with Crippen molar-refractivity contribution in [1.82, 2.24) is 15.5 Å². The lowest BCUT2D eigenvalue weighted by molar-refractivity contribution is -0.113. The third-order valence-corrected chi connectivity index (χ3v) is 8.52. The predicted octanol–water partition coefficient (Wildman–Crippen LogP) is 4.97. The van der Waals surface area contributed by atoms with Gasteiger partial charge in [-0.1, -0.05) is 39.0 Å². The molecule has 3 N–H and O–H groups in total. The van der Waals surface area contributed by atoms with Gasteiger partial charge in [0.15, 0.2) is 0 Å². The maximum Gasteiger partial charge on any atom is 0.328 e. The lowest BCUT2D eigenvalue weighted by Crippen LogP contribution is -2.52. The number of rotatable bonds is 11. The van der Waals surface area contributed by atoms with E-state index in [1.165, 1.54) is 17.3 Å². The number of anilines is 2. The van der Waals surface area contributed by atoms with Crippen LogP contribution in [0.4, 0.5) is 16.2 Å². The smallest absolute Gasteiger partial charge is 0.328 e. The number of aliphatic imine (C=N–C) groups is 1. The van der Waals surface area contributed by atoms with Gasteiger partial charge in [0, 0.05) is 37.5 Å². The molecule has 11 heteroatoms. The fourth-order valence-corrected chi connectivity index (χ4v) is 6.18. The van der Waals surface area contributed by atoms with E-state index < -0.39 is 0 Å². The first-order valence-corrected chi connectivity index (χ1v) is 16.1. The van der Waals surface area contributed by atoms with E-state index in [4.69, 9.17) is 9.47 Å². The minimum absolute atomic E-state index is 0.108. The Labute approximate surface area is 259 Å². The van der Waals surface area contributed by atoms with Crippen molar-refractivity contribution in [3.63, 3.8) is 0 Å². The van der Waals surface area contributed by atoms with E-state index in [0.717, 1.165) is 55.8 Å². The van der Waals surface area contributed by atoms with Gasteiger partial charge in [0.25, 0.3) is 0 Å². The van der Waals surface area contributed by atoms with Gasteiger partial charge in [0.1, 0.15) is 16.9 Å². The molecule has 0 aliphatic carbocycles. The van der Waals surface area contributed by atoms with Gasteiger partial charge in [0.2, 0.25) is 5.91 Å². The first-order chi connectivity index (χ1) is 20.9. The molecule has 3 aliphatic heterocycles. The average molecular weight is 609 g/mol. The van der Waals surface area contributed by atoms with E-state index in [-0.39, 0.29) is 23.1 Å². The molecule has 232 valence electrons. The zero-order chi connectivity index (χ0) is 30.8. The van der Waals surface area contributed by atoms with Crippen molar-refractivity contribution < 1.29 is 19.1 Å². The quantitative estimate of drug-likeness (QED) is 0.331. The molecular formula is C32H44N6O4S. The maximum atomic E-state index is 13.0. The monoisotopic (exact) mass is 608 g/mol. The van der Waals surface area contributed by atoms with Crippen LogP contribution in [-0.4, -0.2) is 74.3 Å². The Kier molecular flexibility index (Phi) is 11.9. The normalized spacial score (nSPS) is 19.3. The minimum atomic E-state index is -0.317. The fourth-order valence-electron chi connectivity index (χ4n) is 5.26. The molecule has 1 fully saturated rings. The number of nitrogens with one attached hydrogen (secondary N) is 3. The molecule has 1 unspecified atom stereocenters. The molecule has 0 radical (unpaired) electrons. The third kappa shape index (κ3) is 8.31. The number of methoxy groups -OCH3 is 1. The Balaban J connectivity index is 0.00000207. The molecular weight excluding hydrogens is 564 g/mol. The van der Waals surface area contributed by atoms with Crippen LogP contribution in [0.15, 0.2) is 58.9 Å². The van der Waals surface area contributed by atoms with Crippen molar-refractivity contribution >= 4 is 41.4 Å². The highest BCUT2D eigenvalue weighted by atomic mass is 32.2. The summed E-state index contributed by atoms with van der Waals surface area (Å²) < 4.78 is 11.3. The van der Waals surface area contributed by atoms with Crippen LogP contribution in [0, 0.1) is 0 Å². The van der Waals surface area contributed by atoms with E-state index in [1.807, 2.05) is 56.3 Å². The topological polar surface area (TPSA) is 108 Å². The van der Waals surface area contributed by atoms with Crippen molar-refractivity contribution in [3.05, 3.63) is 65.0 Å². The van der Waals surface area contributed by atoms with Crippen LogP contribution in [0.1, 0.15) is 44.7 Å². The first-order valence-electron chi connectivity index (χ1n) is 15.0. The van der Waals surface area contributed by atoms with Gasteiger partial charge in [-0.05, 0) is 61.7 Å². The molecule has 0 bridgehead atoms. The minimum Gasteiger partial charge on any atom is -0.495 e. The number of hydrogen-bond donors (Lipinski definition) is 3. The van der Waals surface area contributed by atoms with Crippen LogP contribution >= 0.6 is 11.8 Å². The number of urea groups is 1. The first kappa shape index (κ1) is 32.4. The van der Waals surface area contributed by atoms with E-state index in [2.05, 4.69) is 39.8 Å². The number of likely N-dealkylation sites (N-methyl/N-ethyl adjacent to an activating group) is 1. The summed E-state index contributed by atoms with van der Waals surface area (Å²) in [6.07, 6.45) is 5.02. The Morgan fingerprint density at radius 3 is 2.67 bits per heavy atom. The van der Waals surface area contributed by atoms with Gasteiger partial charge in [-0.25, -0.2) is 9.69 Å². The maximum absolute atomic E-state index is 13.0. The molecule has 3 aliphatic rings. The molecule has 3 amide bonds. The standard InChI is InChI=1S/C30H38N6O4S.C2H6/c1-4-20-9-12-26(39-3)25(14-20)36-28-24(15-31-30(36)38)29(33-19-32-28)41-18-27(37)34-22-10-7-21(8-11-22)16-35(2)17-23-6-5-13-40-23;1-2/h7-12,14,19,23,29H,4-6,13,15-18H2,1-3H3,(H,31,38)(H,32,33)(H,34,37);1-2H3/t23-,29?;/m1./s1. The number of aryl methyl sites for hydroxylation is 1. The van der Waals surface area contributed by atoms with Gasteiger partial charge in [-0.2, -0.15) is 0 Å². The van der Waals surface area contributed by atoms with Gasteiger partial charge in [0.05, 0.1) is 31.0 Å². The highest BCUT2D eigenvalue weighted by Crippen LogP contribution is 2.36. The number of amides is 3. The Hall–Kier alpha value is -3.54. The summed E-state index contributed by atoms with van der Waals surface area (Å²) in [5, 5.41) is 8.78. The SMILES string of the molecule is CC.CCc1ccc(OC)c(N2C(=O)NCC3=C2NC=NC3SCC(=O)Nc2ccc(CN(C)C[C@H]3CCCO3)cc2)c1. The van der Waals surface area contributed by atoms with Crippen LogP contribution < -0.4 is 25.6 Å². The van der Waals surface area contributed by atoms with Crippen molar-refractivity contribution in [2.75, 3.05) is 49.8 Å². The van der Waals surface area contributed by atoms with E-state index >= 15 is 0 Å². The molecule has 5 rings (SSSR count). The summed E-state index contributed by atoms with van der Waals surface area (Å²) in [4.78, 5) is 34.3. The third-order valence-electron chi connectivity index (χ3n) is 7.36.